The summed E-state index contributed by atoms with van der Waals surface area (Å²) in [5.41, 5.74) is 4.87. The minimum absolute atomic E-state index is 0.0791. The minimum atomic E-state index is -0.441. The van der Waals surface area contributed by atoms with Gasteiger partial charge in [-0.05, 0) is 49.6 Å². The first-order valence-electron chi connectivity index (χ1n) is 9.86. The molecule has 0 saturated carbocycles. The van der Waals surface area contributed by atoms with Gasteiger partial charge in [-0.3, -0.25) is 9.59 Å². The Morgan fingerprint density at radius 1 is 0.867 bits per heavy atom. The fourth-order valence-corrected chi connectivity index (χ4v) is 4.43. The van der Waals surface area contributed by atoms with Gasteiger partial charge in [0.25, 0.3) is 0 Å². The maximum Gasteiger partial charge on any atom is 0.243 e. The smallest absolute Gasteiger partial charge is 0.243 e. The van der Waals surface area contributed by atoms with Crippen LogP contribution in [0.2, 0.25) is 0 Å². The first-order chi connectivity index (χ1) is 14.4. The summed E-state index contributed by atoms with van der Waals surface area (Å²) in [7, 11) is 0. The maximum absolute atomic E-state index is 13.0. The fourth-order valence-electron chi connectivity index (χ4n) is 3.36. The van der Waals surface area contributed by atoms with E-state index in [9.17, 15) is 9.59 Å². The van der Waals surface area contributed by atoms with Crippen LogP contribution in [0.1, 0.15) is 27.5 Å². The number of rotatable bonds is 7. The fraction of sp³-hybridized carbons (Fsp3) is 0.200. The number of nitrogens with one attached hydrogen (secondary N) is 2. The Balaban J connectivity index is 1.68. The van der Waals surface area contributed by atoms with Gasteiger partial charge < -0.3 is 10.6 Å². The third kappa shape index (κ3) is 5.74. The molecule has 0 aromatic heterocycles. The number of carbonyl (C=O) groups is 2. The second kappa shape index (κ2) is 10.1. The van der Waals surface area contributed by atoms with Crippen molar-refractivity contribution in [1.82, 2.24) is 5.32 Å². The normalized spacial score (nSPS) is 11.6. The van der Waals surface area contributed by atoms with Crippen LogP contribution in [0.3, 0.4) is 0 Å². The highest BCUT2D eigenvalue weighted by Crippen LogP contribution is 2.35. The van der Waals surface area contributed by atoms with Crippen molar-refractivity contribution >= 4 is 29.3 Å². The SMILES string of the molecule is Cc1cc(C)c(NC(=O)CNC(=O)C(Sc2ccccc2)c2ccccc2)c(C)c1. The van der Waals surface area contributed by atoms with Crippen molar-refractivity contribution in [2.45, 2.75) is 30.9 Å². The summed E-state index contributed by atoms with van der Waals surface area (Å²) in [5, 5.41) is 5.29. The molecule has 3 aromatic carbocycles. The van der Waals surface area contributed by atoms with E-state index in [-0.39, 0.29) is 18.4 Å². The maximum atomic E-state index is 13.0. The van der Waals surface area contributed by atoms with Gasteiger partial charge in [-0.1, -0.05) is 66.2 Å². The Morgan fingerprint density at radius 2 is 1.43 bits per heavy atom. The number of thioether (sulfide) groups is 1. The number of carbonyl (C=O) groups excluding carboxylic acids is 2. The zero-order valence-electron chi connectivity index (χ0n) is 17.4. The Morgan fingerprint density at radius 3 is 2.03 bits per heavy atom. The molecule has 0 bridgehead atoms. The highest BCUT2D eigenvalue weighted by Gasteiger charge is 2.22. The van der Waals surface area contributed by atoms with Crippen LogP contribution >= 0.6 is 11.8 Å². The minimum Gasteiger partial charge on any atom is -0.346 e. The molecule has 0 fully saturated rings. The van der Waals surface area contributed by atoms with Gasteiger partial charge in [0.15, 0.2) is 0 Å². The lowest BCUT2D eigenvalue weighted by atomic mass is 10.1. The molecule has 0 aliphatic carbocycles. The predicted octanol–water partition coefficient (Wildman–Crippen LogP) is 5.20. The number of hydrogen-bond acceptors (Lipinski definition) is 3. The molecule has 5 heteroatoms. The highest BCUT2D eigenvalue weighted by atomic mass is 32.2. The van der Waals surface area contributed by atoms with E-state index < -0.39 is 5.25 Å². The standard InChI is InChI=1S/C25H26N2O2S/c1-17-14-18(2)23(19(3)15-17)27-22(28)16-26-25(29)24(20-10-6-4-7-11-20)30-21-12-8-5-9-13-21/h4-15,24H,16H2,1-3H3,(H,26,29)(H,27,28). The Labute approximate surface area is 182 Å². The molecule has 4 nitrogen and oxygen atoms in total. The van der Waals surface area contributed by atoms with Crippen LogP contribution in [0, 0.1) is 20.8 Å². The number of amides is 2. The number of hydrogen-bond donors (Lipinski definition) is 2. The third-order valence-electron chi connectivity index (χ3n) is 4.70. The number of aryl methyl sites for hydroxylation is 3. The lowest BCUT2D eigenvalue weighted by Crippen LogP contribution is -2.35. The van der Waals surface area contributed by atoms with Gasteiger partial charge in [0.2, 0.25) is 11.8 Å². The van der Waals surface area contributed by atoms with Gasteiger partial charge in [-0.25, -0.2) is 0 Å². The molecule has 30 heavy (non-hydrogen) atoms. The van der Waals surface area contributed by atoms with Crippen molar-refractivity contribution < 1.29 is 9.59 Å². The van der Waals surface area contributed by atoms with Gasteiger partial charge in [-0.2, -0.15) is 0 Å². The van der Waals surface area contributed by atoms with Crippen molar-refractivity contribution in [3.05, 3.63) is 95.1 Å². The molecule has 154 valence electrons. The molecule has 0 heterocycles. The predicted molar refractivity (Wildman–Crippen MR) is 124 cm³/mol. The van der Waals surface area contributed by atoms with E-state index in [0.717, 1.165) is 32.8 Å². The van der Waals surface area contributed by atoms with Crippen molar-refractivity contribution in [2.75, 3.05) is 11.9 Å². The number of benzene rings is 3. The van der Waals surface area contributed by atoms with Crippen LogP contribution < -0.4 is 10.6 Å². The van der Waals surface area contributed by atoms with Crippen molar-refractivity contribution in [1.29, 1.82) is 0 Å². The van der Waals surface area contributed by atoms with Gasteiger partial charge >= 0.3 is 0 Å². The zero-order valence-corrected chi connectivity index (χ0v) is 18.3. The Bertz CT molecular complexity index is 997. The topological polar surface area (TPSA) is 58.2 Å². The first kappa shape index (κ1) is 21.7. The van der Waals surface area contributed by atoms with Crippen molar-refractivity contribution in [3.8, 4) is 0 Å². The quantitative estimate of drug-likeness (QED) is 0.519. The molecule has 3 aromatic rings. The summed E-state index contributed by atoms with van der Waals surface area (Å²) in [6.07, 6.45) is 0. The van der Waals surface area contributed by atoms with Crippen LogP contribution in [0.5, 0.6) is 0 Å². The van der Waals surface area contributed by atoms with Crippen LogP contribution in [0.15, 0.2) is 77.7 Å². The molecule has 0 radical (unpaired) electrons. The molecule has 2 amide bonds. The molecule has 0 aliphatic rings. The van der Waals surface area contributed by atoms with Gasteiger partial charge in [0.1, 0.15) is 5.25 Å². The molecular weight excluding hydrogens is 392 g/mol. The van der Waals surface area contributed by atoms with E-state index in [1.807, 2.05) is 93.6 Å². The van der Waals surface area contributed by atoms with Crippen molar-refractivity contribution in [3.63, 3.8) is 0 Å². The van der Waals surface area contributed by atoms with E-state index >= 15 is 0 Å². The van der Waals surface area contributed by atoms with Gasteiger partial charge in [-0.15, -0.1) is 11.8 Å². The average molecular weight is 419 g/mol. The summed E-state index contributed by atoms with van der Waals surface area (Å²) in [6, 6.07) is 23.5. The summed E-state index contributed by atoms with van der Waals surface area (Å²) in [4.78, 5) is 26.5. The molecule has 0 aliphatic heterocycles. The van der Waals surface area contributed by atoms with E-state index in [1.165, 1.54) is 11.8 Å². The molecule has 1 atom stereocenters. The number of anilines is 1. The second-order valence-electron chi connectivity index (χ2n) is 7.26. The molecule has 1 unspecified atom stereocenters. The average Bonchev–Trinajstić information content (AvgIpc) is 2.74. The van der Waals surface area contributed by atoms with Gasteiger partial charge in [0, 0.05) is 10.6 Å². The van der Waals surface area contributed by atoms with Crippen molar-refractivity contribution in [2.24, 2.45) is 0 Å². The summed E-state index contributed by atoms with van der Waals surface area (Å²) in [6.45, 7) is 5.89. The highest BCUT2D eigenvalue weighted by molar-refractivity contribution is 8.00. The summed E-state index contributed by atoms with van der Waals surface area (Å²) in [5.74, 6) is -0.433. The zero-order chi connectivity index (χ0) is 21.5. The van der Waals surface area contributed by atoms with Crippen LogP contribution in [0.25, 0.3) is 0 Å². The lowest BCUT2D eigenvalue weighted by molar-refractivity contribution is -0.123. The lowest BCUT2D eigenvalue weighted by Gasteiger charge is -2.18. The molecular formula is C25H26N2O2S. The van der Waals surface area contributed by atoms with Crippen LogP contribution in [-0.2, 0) is 9.59 Å². The summed E-state index contributed by atoms with van der Waals surface area (Å²) >= 11 is 1.47. The summed E-state index contributed by atoms with van der Waals surface area (Å²) < 4.78 is 0. The van der Waals surface area contributed by atoms with E-state index in [1.54, 1.807) is 0 Å². The van der Waals surface area contributed by atoms with Crippen LogP contribution in [0.4, 0.5) is 5.69 Å². The van der Waals surface area contributed by atoms with E-state index in [4.69, 9.17) is 0 Å². The van der Waals surface area contributed by atoms with Crippen LogP contribution in [-0.4, -0.2) is 18.4 Å². The third-order valence-corrected chi connectivity index (χ3v) is 5.97. The molecule has 2 N–H and O–H groups in total. The van der Waals surface area contributed by atoms with Gasteiger partial charge in [0.05, 0.1) is 6.54 Å². The molecule has 3 rings (SSSR count). The monoisotopic (exact) mass is 418 g/mol. The Kier molecular flexibility index (Phi) is 7.31. The Hall–Kier alpha value is -3.05. The molecule has 0 saturated heterocycles. The van der Waals surface area contributed by atoms with E-state index in [0.29, 0.717) is 0 Å². The second-order valence-corrected chi connectivity index (χ2v) is 8.44. The molecule has 0 spiro atoms. The first-order valence-corrected chi connectivity index (χ1v) is 10.7. The largest absolute Gasteiger partial charge is 0.346 e. The van der Waals surface area contributed by atoms with E-state index in [2.05, 4.69) is 10.6 Å².